The Morgan fingerprint density at radius 1 is 1.13 bits per heavy atom. The predicted molar refractivity (Wildman–Crippen MR) is 119 cm³/mol. The minimum Gasteiger partial charge on any atom is -0.493 e. The Bertz CT molecular complexity index is 1040. The molecule has 30 heavy (non-hydrogen) atoms. The molecule has 6 nitrogen and oxygen atoms in total. The van der Waals surface area contributed by atoms with E-state index < -0.39 is 0 Å². The number of anilines is 2. The molecule has 7 heteroatoms. The van der Waals surface area contributed by atoms with Crippen LogP contribution in [0.15, 0.2) is 47.8 Å². The van der Waals surface area contributed by atoms with E-state index in [1.165, 1.54) is 22.5 Å². The summed E-state index contributed by atoms with van der Waals surface area (Å²) in [6.45, 7) is 4.09. The Hall–Kier alpha value is -2.90. The normalized spacial score (nSPS) is 13.6. The maximum absolute atomic E-state index is 12.3. The first-order valence-electron chi connectivity index (χ1n) is 9.85. The zero-order valence-corrected chi connectivity index (χ0v) is 18.2. The van der Waals surface area contributed by atoms with Gasteiger partial charge in [0, 0.05) is 31.9 Å². The van der Waals surface area contributed by atoms with Gasteiger partial charge in [-0.05, 0) is 41.8 Å². The maximum Gasteiger partial charge on any atom is 0.230 e. The van der Waals surface area contributed by atoms with Gasteiger partial charge in [-0.3, -0.25) is 14.6 Å². The van der Waals surface area contributed by atoms with E-state index in [1.807, 2.05) is 35.7 Å². The summed E-state index contributed by atoms with van der Waals surface area (Å²) in [7, 11) is 3.33. The number of thiazole rings is 1. The third-order valence-electron chi connectivity index (χ3n) is 5.24. The van der Waals surface area contributed by atoms with Crippen LogP contribution in [0.5, 0.6) is 11.5 Å². The fourth-order valence-corrected chi connectivity index (χ4v) is 4.66. The van der Waals surface area contributed by atoms with E-state index in [2.05, 4.69) is 17.0 Å². The van der Waals surface area contributed by atoms with Crippen LogP contribution in [0.1, 0.15) is 23.7 Å². The number of aromatic nitrogens is 1. The van der Waals surface area contributed by atoms with Gasteiger partial charge in [0.25, 0.3) is 0 Å². The second kappa shape index (κ2) is 8.85. The van der Waals surface area contributed by atoms with Crippen LogP contribution in [0.25, 0.3) is 0 Å². The fraction of sp³-hybridized carbons (Fsp3) is 0.304. The second-order valence-corrected chi connectivity index (χ2v) is 8.08. The number of rotatable bonds is 6. The van der Waals surface area contributed by atoms with E-state index in [9.17, 15) is 4.79 Å². The number of ether oxygens (including phenoxy) is 2. The van der Waals surface area contributed by atoms with Crippen molar-refractivity contribution in [2.45, 2.75) is 26.4 Å². The minimum atomic E-state index is -0.0463. The summed E-state index contributed by atoms with van der Waals surface area (Å²) in [5, 5.41) is 2.74. The standard InChI is InChI=1S/C23H25N3O3S/c1-16(27)26(20-7-5-4-6-8-20)23-24-19(15-30-23)14-25-10-9-17-11-21(28-2)22(29-3)12-18(17)13-25/h4-8,11-12,15H,9-10,13-14H2,1-3H3. The third-order valence-corrected chi connectivity index (χ3v) is 6.12. The van der Waals surface area contributed by atoms with Gasteiger partial charge >= 0.3 is 0 Å². The first-order chi connectivity index (χ1) is 14.6. The monoisotopic (exact) mass is 423 g/mol. The molecule has 1 aliphatic rings. The molecule has 2 aromatic carbocycles. The summed E-state index contributed by atoms with van der Waals surface area (Å²) in [5.41, 5.74) is 4.36. The summed E-state index contributed by atoms with van der Waals surface area (Å²) in [5.74, 6) is 1.49. The maximum atomic E-state index is 12.3. The summed E-state index contributed by atoms with van der Waals surface area (Å²) in [6, 6.07) is 13.8. The van der Waals surface area contributed by atoms with E-state index in [4.69, 9.17) is 14.5 Å². The number of carbonyl (C=O) groups excluding carboxylic acids is 1. The number of para-hydroxylation sites is 1. The van der Waals surface area contributed by atoms with Gasteiger partial charge in [-0.1, -0.05) is 18.2 Å². The SMILES string of the molecule is COc1cc2c(cc1OC)CN(Cc1csc(N(C(C)=O)c3ccccc3)n1)CC2. The third kappa shape index (κ3) is 4.17. The van der Waals surface area contributed by atoms with Crippen molar-refractivity contribution in [1.82, 2.24) is 9.88 Å². The van der Waals surface area contributed by atoms with Crippen LogP contribution >= 0.6 is 11.3 Å². The molecule has 4 rings (SSSR count). The van der Waals surface area contributed by atoms with Crippen molar-refractivity contribution in [3.8, 4) is 11.5 Å². The van der Waals surface area contributed by atoms with Crippen molar-refractivity contribution in [3.05, 3.63) is 64.7 Å². The molecule has 0 spiro atoms. The van der Waals surface area contributed by atoms with E-state index in [1.54, 1.807) is 26.0 Å². The molecule has 0 saturated heterocycles. The smallest absolute Gasteiger partial charge is 0.230 e. The fourth-order valence-electron chi connectivity index (χ4n) is 3.78. The molecule has 0 bridgehead atoms. The molecule has 156 valence electrons. The Kier molecular flexibility index (Phi) is 6.01. The molecule has 2 heterocycles. The molecule has 3 aromatic rings. The van der Waals surface area contributed by atoms with Gasteiger partial charge in [-0.25, -0.2) is 4.98 Å². The van der Waals surface area contributed by atoms with Crippen LogP contribution in [0, 0.1) is 0 Å². The van der Waals surface area contributed by atoms with Gasteiger partial charge in [0.2, 0.25) is 5.91 Å². The van der Waals surface area contributed by atoms with Crippen molar-refractivity contribution in [2.24, 2.45) is 0 Å². The second-order valence-electron chi connectivity index (χ2n) is 7.25. The molecule has 0 atom stereocenters. The topological polar surface area (TPSA) is 54.9 Å². The van der Waals surface area contributed by atoms with Gasteiger partial charge in [-0.15, -0.1) is 11.3 Å². The molecule has 0 saturated carbocycles. The highest BCUT2D eigenvalue weighted by Gasteiger charge is 2.22. The summed E-state index contributed by atoms with van der Waals surface area (Å²) >= 11 is 1.50. The molecule has 1 amide bonds. The van der Waals surface area contributed by atoms with Crippen molar-refractivity contribution in [1.29, 1.82) is 0 Å². The van der Waals surface area contributed by atoms with Crippen molar-refractivity contribution >= 4 is 28.1 Å². The van der Waals surface area contributed by atoms with Crippen LogP contribution in [-0.2, 0) is 24.3 Å². The summed E-state index contributed by atoms with van der Waals surface area (Å²) in [6.07, 6.45) is 0.955. The number of carbonyl (C=O) groups is 1. The average molecular weight is 424 g/mol. The minimum absolute atomic E-state index is 0.0463. The Balaban J connectivity index is 1.50. The first kappa shape index (κ1) is 20.4. The molecule has 0 aliphatic carbocycles. The van der Waals surface area contributed by atoms with Crippen molar-refractivity contribution in [3.63, 3.8) is 0 Å². The summed E-state index contributed by atoms with van der Waals surface area (Å²) in [4.78, 5) is 21.0. The number of fused-ring (bicyclic) bond motifs is 1. The highest BCUT2D eigenvalue weighted by Crippen LogP contribution is 2.34. The van der Waals surface area contributed by atoms with Gasteiger partial charge in [0.05, 0.1) is 25.6 Å². The van der Waals surface area contributed by atoms with E-state index in [0.29, 0.717) is 5.13 Å². The van der Waals surface area contributed by atoms with E-state index >= 15 is 0 Å². The lowest BCUT2D eigenvalue weighted by atomic mass is 9.98. The highest BCUT2D eigenvalue weighted by molar-refractivity contribution is 7.14. The number of hydrogen-bond donors (Lipinski definition) is 0. The van der Waals surface area contributed by atoms with Crippen LogP contribution in [0.4, 0.5) is 10.8 Å². The molecule has 1 aromatic heterocycles. The molecular formula is C23H25N3O3S. The quantitative estimate of drug-likeness (QED) is 0.588. The molecule has 0 radical (unpaired) electrons. The van der Waals surface area contributed by atoms with Crippen molar-refractivity contribution in [2.75, 3.05) is 25.7 Å². The van der Waals surface area contributed by atoms with Gasteiger partial charge < -0.3 is 9.47 Å². The lowest BCUT2D eigenvalue weighted by molar-refractivity contribution is -0.115. The zero-order chi connectivity index (χ0) is 21.1. The lowest BCUT2D eigenvalue weighted by Gasteiger charge is -2.29. The largest absolute Gasteiger partial charge is 0.493 e. The Morgan fingerprint density at radius 2 is 1.83 bits per heavy atom. The predicted octanol–water partition coefficient (Wildman–Crippen LogP) is 4.40. The van der Waals surface area contributed by atoms with Crippen LogP contribution in [-0.4, -0.2) is 36.6 Å². The number of hydrogen-bond acceptors (Lipinski definition) is 6. The first-order valence-corrected chi connectivity index (χ1v) is 10.7. The summed E-state index contributed by atoms with van der Waals surface area (Å²) < 4.78 is 10.9. The van der Waals surface area contributed by atoms with Crippen LogP contribution in [0.2, 0.25) is 0 Å². The number of methoxy groups -OCH3 is 2. The Morgan fingerprint density at radius 3 is 2.50 bits per heavy atom. The van der Waals surface area contributed by atoms with Crippen LogP contribution < -0.4 is 14.4 Å². The van der Waals surface area contributed by atoms with Crippen LogP contribution in [0.3, 0.4) is 0 Å². The molecule has 1 aliphatic heterocycles. The zero-order valence-electron chi connectivity index (χ0n) is 17.4. The molecule has 0 fully saturated rings. The number of benzene rings is 2. The molecule has 0 unspecified atom stereocenters. The Labute approximate surface area is 180 Å². The average Bonchev–Trinajstić information content (AvgIpc) is 3.21. The van der Waals surface area contributed by atoms with Gasteiger partial charge in [0.1, 0.15) is 0 Å². The molecule has 0 N–H and O–H groups in total. The lowest BCUT2D eigenvalue weighted by Crippen LogP contribution is -2.30. The van der Waals surface area contributed by atoms with Gasteiger partial charge in [0.15, 0.2) is 16.6 Å². The highest BCUT2D eigenvalue weighted by atomic mass is 32.1. The van der Waals surface area contributed by atoms with E-state index in [0.717, 1.165) is 48.9 Å². The van der Waals surface area contributed by atoms with E-state index in [-0.39, 0.29) is 5.91 Å². The number of nitrogens with zero attached hydrogens (tertiary/aromatic N) is 3. The molecular weight excluding hydrogens is 398 g/mol. The number of amides is 1. The van der Waals surface area contributed by atoms with Gasteiger partial charge in [-0.2, -0.15) is 0 Å². The van der Waals surface area contributed by atoms with Crippen molar-refractivity contribution < 1.29 is 14.3 Å².